The van der Waals surface area contributed by atoms with Crippen molar-refractivity contribution in [3.63, 3.8) is 0 Å². The number of aliphatic imine (C=N–C) groups is 1. The van der Waals surface area contributed by atoms with E-state index in [1.54, 1.807) is 18.7 Å². The molecule has 0 amide bonds. The minimum Gasteiger partial charge on any atom is -0.497 e. The van der Waals surface area contributed by atoms with Crippen LogP contribution >= 0.6 is 0 Å². The molecule has 1 aliphatic heterocycles. The van der Waals surface area contributed by atoms with Crippen molar-refractivity contribution < 1.29 is 4.74 Å². The summed E-state index contributed by atoms with van der Waals surface area (Å²) in [5, 5.41) is 0. The third-order valence-electron chi connectivity index (χ3n) is 0.953. The van der Waals surface area contributed by atoms with Crippen molar-refractivity contribution in [1.29, 1.82) is 0 Å². The Morgan fingerprint density at radius 1 is 1.20 bits per heavy atom. The average molecular weight is 135 g/mol. The van der Waals surface area contributed by atoms with Crippen LogP contribution < -0.4 is 0 Å². The lowest BCUT2D eigenvalue weighted by atomic mass is 10.5. The van der Waals surface area contributed by atoms with E-state index in [9.17, 15) is 0 Å². The number of hydrogen-bond acceptors (Lipinski definition) is 2. The molecule has 0 atom stereocenters. The summed E-state index contributed by atoms with van der Waals surface area (Å²) in [5.41, 5.74) is 0. The summed E-state index contributed by atoms with van der Waals surface area (Å²) in [5.74, 6) is 0. The molecule has 0 N–H and O–H groups in total. The quantitative estimate of drug-likeness (QED) is 0.495. The van der Waals surface area contributed by atoms with E-state index in [0.717, 1.165) is 0 Å². The lowest BCUT2D eigenvalue weighted by Crippen LogP contribution is -1.80. The molecule has 1 aliphatic rings. The normalized spacial score (nSPS) is 16.8. The molecule has 0 fully saturated rings. The van der Waals surface area contributed by atoms with Crippen LogP contribution in [0.4, 0.5) is 0 Å². The second-order valence-electron chi connectivity index (χ2n) is 1.73. The van der Waals surface area contributed by atoms with Gasteiger partial charge in [-0.25, -0.2) is 0 Å². The lowest BCUT2D eigenvalue weighted by Gasteiger charge is -1.91. The molecular formula is C8H9NO. The molecule has 0 bridgehead atoms. The van der Waals surface area contributed by atoms with Gasteiger partial charge in [0.25, 0.3) is 0 Å². The summed E-state index contributed by atoms with van der Waals surface area (Å²) in [6.07, 6.45) is 12.5. The van der Waals surface area contributed by atoms with Crippen LogP contribution in [0.5, 0.6) is 0 Å². The molecule has 52 valence electrons. The predicted octanol–water partition coefficient (Wildman–Crippen LogP) is 1.67. The Hall–Kier alpha value is -1.31. The van der Waals surface area contributed by atoms with Gasteiger partial charge in [0.2, 0.25) is 0 Å². The number of ether oxygens (including phenoxy) is 1. The average Bonchev–Trinajstić information content (AvgIpc) is 2.01. The molecule has 0 aromatic rings. The summed E-state index contributed by atoms with van der Waals surface area (Å²) in [6.45, 7) is 0.585. The van der Waals surface area contributed by atoms with E-state index in [2.05, 4.69) is 4.99 Å². The number of rotatable bonds is 0. The third kappa shape index (κ3) is 2.87. The minimum atomic E-state index is 0.585. The molecule has 0 radical (unpaired) electrons. The Balaban J connectivity index is 2.53. The van der Waals surface area contributed by atoms with E-state index in [1.807, 2.05) is 24.3 Å². The molecule has 1 rings (SSSR count). The molecule has 2 heteroatoms. The van der Waals surface area contributed by atoms with Gasteiger partial charge in [-0.15, -0.1) is 0 Å². The molecule has 0 aromatic heterocycles. The van der Waals surface area contributed by atoms with Crippen LogP contribution in [0.15, 0.2) is 41.8 Å². The zero-order valence-corrected chi connectivity index (χ0v) is 5.60. The molecule has 0 unspecified atom stereocenters. The Morgan fingerprint density at radius 3 is 3.20 bits per heavy atom. The minimum absolute atomic E-state index is 0.585. The van der Waals surface area contributed by atoms with Crippen molar-refractivity contribution in [2.75, 3.05) is 6.61 Å². The molecule has 10 heavy (non-hydrogen) atoms. The molecule has 0 spiro atoms. The highest BCUT2D eigenvalue weighted by molar-refractivity contribution is 5.71. The second-order valence-corrected chi connectivity index (χ2v) is 1.73. The van der Waals surface area contributed by atoms with Crippen LogP contribution in [-0.2, 0) is 4.74 Å². The summed E-state index contributed by atoms with van der Waals surface area (Å²) in [6, 6.07) is 0. The lowest BCUT2D eigenvalue weighted by molar-refractivity contribution is 0.289. The van der Waals surface area contributed by atoms with Crippen molar-refractivity contribution >= 4 is 6.21 Å². The van der Waals surface area contributed by atoms with Crippen molar-refractivity contribution in [3.05, 3.63) is 36.8 Å². The van der Waals surface area contributed by atoms with Crippen LogP contribution in [0, 0.1) is 0 Å². The highest BCUT2D eigenvalue weighted by Crippen LogP contribution is 1.84. The van der Waals surface area contributed by atoms with Gasteiger partial charge in [0, 0.05) is 12.4 Å². The van der Waals surface area contributed by atoms with E-state index in [4.69, 9.17) is 4.74 Å². The van der Waals surface area contributed by atoms with Gasteiger partial charge in [-0.1, -0.05) is 6.08 Å². The summed E-state index contributed by atoms with van der Waals surface area (Å²) in [4.78, 5) is 3.93. The maximum absolute atomic E-state index is 5.02. The van der Waals surface area contributed by atoms with Crippen molar-refractivity contribution in [2.24, 2.45) is 4.99 Å². The summed E-state index contributed by atoms with van der Waals surface area (Å²) >= 11 is 0. The van der Waals surface area contributed by atoms with Gasteiger partial charge in [-0.2, -0.15) is 0 Å². The van der Waals surface area contributed by atoms with Gasteiger partial charge in [-0.05, 0) is 18.2 Å². The van der Waals surface area contributed by atoms with Crippen molar-refractivity contribution in [3.8, 4) is 0 Å². The molecule has 0 aliphatic carbocycles. The van der Waals surface area contributed by atoms with Crippen LogP contribution in [0.3, 0.4) is 0 Å². The van der Waals surface area contributed by atoms with Gasteiger partial charge in [-0.3, -0.25) is 4.99 Å². The number of hydrogen-bond donors (Lipinski definition) is 0. The van der Waals surface area contributed by atoms with Gasteiger partial charge in [0.05, 0.1) is 6.26 Å². The first kappa shape index (κ1) is 6.81. The largest absolute Gasteiger partial charge is 0.497 e. The fourth-order valence-corrected chi connectivity index (χ4v) is 0.529. The maximum Gasteiger partial charge on any atom is 0.107 e. The fraction of sp³-hybridized carbons (Fsp3) is 0.125. The Bertz CT molecular complexity index is 167. The Morgan fingerprint density at radius 2 is 2.20 bits per heavy atom. The zero-order chi connectivity index (χ0) is 7.07. The summed E-state index contributed by atoms with van der Waals surface area (Å²) < 4.78 is 5.02. The third-order valence-corrected chi connectivity index (χ3v) is 0.953. The van der Waals surface area contributed by atoms with Gasteiger partial charge in [0.15, 0.2) is 0 Å². The van der Waals surface area contributed by atoms with E-state index < -0.39 is 0 Å². The standard InChI is InChI=1S/C8H9NO/c1-2-5-9-6-4-8-10-7-3-1/h1-7H,8H2. The first-order valence-electron chi connectivity index (χ1n) is 3.12. The summed E-state index contributed by atoms with van der Waals surface area (Å²) in [7, 11) is 0. The van der Waals surface area contributed by atoms with E-state index in [-0.39, 0.29) is 0 Å². The van der Waals surface area contributed by atoms with Gasteiger partial charge in [0.1, 0.15) is 6.61 Å². The van der Waals surface area contributed by atoms with Crippen LogP contribution in [0.25, 0.3) is 0 Å². The number of allylic oxidation sites excluding steroid dienone is 3. The molecule has 1 heterocycles. The van der Waals surface area contributed by atoms with Crippen LogP contribution in [0.2, 0.25) is 0 Å². The van der Waals surface area contributed by atoms with E-state index in [0.29, 0.717) is 6.61 Å². The number of nitrogens with zero attached hydrogens (tertiary/aromatic N) is 1. The first-order chi connectivity index (χ1) is 5.00. The van der Waals surface area contributed by atoms with Gasteiger partial charge >= 0.3 is 0 Å². The van der Waals surface area contributed by atoms with Crippen LogP contribution in [-0.4, -0.2) is 12.8 Å². The highest BCUT2D eigenvalue weighted by Gasteiger charge is 1.73. The SMILES string of the molecule is C1=CC=NC=CCOC=C1. The molecular weight excluding hydrogens is 126 g/mol. The van der Waals surface area contributed by atoms with Gasteiger partial charge < -0.3 is 4.74 Å². The van der Waals surface area contributed by atoms with Crippen molar-refractivity contribution in [1.82, 2.24) is 0 Å². The maximum atomic E-state index is 5.02. The van der Waals surface area contributed by atoms with Crippen molar-refractivity contribution in [2.45, 2.75) is 0 Å². The smallest absolute Gasteiger partial charge is 0.107 e. The second kappa shape index (κ2) is 4.56. The highest BCUT2D eigenvalue weighted by atomic mass is 16.5. The molecule has 0 saturated heterocycles. The zero-order valence-electron chi connectivity index (χ0n) is 5.60. The monoisotopic (exact) mass is 135 g/mol. The van der Waals surface area contributed by atoms with E-state index in [1.165, 1.54) is 0 Å². The first-order valence-corrected chi connectivity index (χ1v) is 3.12. The Kier molecular flexibility index (Phi) is 3.10. The molecule has 0 saturated carbocycles. The fourth-order valence-electron chi connectivity index (χ4n) is 0.529. The van der Waals surface area contributed by atoms with E-state index >= 15 is 0 Å². The van der Waals surface area contributed by atoms with Crippen LogP contribution in [0.1, 0.15) is 0 Å². The Labute approximate surface area is 60.2 Å². The molecule has 0 aromatic carbocycles. The predicted molar refractivity (Wildman–Crippen MR) is 41.9 cm³/mol. The molecule has 2 nitrogen and oxygen atoms in total. The topological polar surface area (TPSA) is 21.6 Å².